The molecule has 0 spiro atoms. The van der Waals surface area contributed by atoms with Crippen LogP contribution in [0.2, 0.25) is 0 Å². The maximum Gasteiger partial charge on any atom is 0.279 e. The van der Waals surface area contributed by atoms with Crippen molar-refractivity contribution < 1.29 is 18.3 Å². The number of carbonyl (C=O) groups excluding carboxylic acids is 1. The monoisotopic (exact) mass is 416 g/mol. The van der Waals surface area contributed by atoms with Gasteiger partial charge in [0.05, 0.1) is 10.6 Å². The summed E-state index contributed by atoms with van der Waals surface area (Å²) in [4.78, 5) is 12.6. The number of amides is 1. The first-order chi connectivity index (χ1) is 13.5. The number of nitrogens with one attached hydrogen (secondary N) is 1. The van der Waals surface area contributed by atoms with E-state index < -0.39 is 15.9 Å². The van der Waals surface area contributed by atoms with Crippen molar-refractivity contribution in [1.82, 2.24) is 4.31 Å². The Kier molecular flexibility index (Phi) is 6.89. The number of azo groups is 1. The van der Waals surface area contributed by atoms with E-state index in [1.807, 2.05) is 19.1 Å². The van der Waals surface area contributed by atoms with Gasteiger partial charge in [-0.2, -0.15) is 5.11 Å². The highest BCUT2D eigenvalue weighted by Crippen LogP contribution is 2.25. The molecule has 0 aliphatic heterocycles. The minimum absolute atomic E-state index is 0.0922. The summed E-state index contributed by atoms with van der Waals surface area (Å²) >= 11 is 0. The van der Waals surface area contributed by atoms with Crippen LogP contribution in [0.15, 0.2) is 69.0 Å². The molecule has 8 nitrogen and oxygen atoms in total. The van der Waals surface area contributed by atoms with E-state index in [-0.39, 0.29) is 22.0 Å². The second kappa shape index (κ2) is 8.97. The summed E-state index contributed by atoms with van der Waals surface area (Å²) in [5.41, 5.74) is 1.96. The SMILES string of the molecule is CC(O)=C(N=Nc1ccc(C)c(S(=O)(=O)N(C)C)c1)C(=O)Nc1ccccc1C. The van der Waals surface area contributed by atoms with Crippen molar-refractivity contribution in [2.75, 3.05) is 19.4 Å². The van der Waals surface area contributed by atoms with Crippen LogP contribution < -0.4 is 5.32 Å². The number of carbonyl (C=O) groups is 1. The molecule has 154 valence electrons. The summed E-state index contributed by atoms with van der Waals surface area (Å²) in [6.45, 7) is 4.84. The molecule has 0 aliphatic carbocycles. The Hall–Kier alpha value is -3.04. The highest BCUT2D eigenvalue weighted by Gasteiger charge is 2.20. The van der Waals surface area contributed by atoms with Gasteiger partial charge in [0.25, 0.3) is 5.91 Å². The number of aryl methyl sites for hydroxylation is 2. The molecule has 0 saturated heterocycles. The smallest absolute Gasteiger partial charge is 0.279 e. The molecule has 2 N–H and O–H groups in total. The average molecular weight is 417 g/mol. The van der Waals surface area contributed by atoms with Gasteiger partial charge in [0, 0.05) is 19.8 Å². The third-order valence-corrected chi connectivity index (χ3v) is 6.10. The van der Waals surface area contributed by atoms with E-state index in [2.05, 4.69) is 15.5 Å². The van der Waals surface area contributed by atoms with Crippen LogP contribution in [0.3, 0.4) is 0 Å². The van der Waals surface area contributed by atoms with Gasteiger partial charge in [0.2, 0.25) is 10.0 Å². The number of allylic oxidation sites excluding steroid dienone is 1. The highest BCUT2D eigenvalue weighted by atomic mass is 32.2. The number of rotatable bonds is 6. The molecular formula is C20H24N4O4S. The van der Waals surface area contributed by atoms with Crippen molar-refractivity contribution in [2.45, 2.75) is 25.7 Å². The second-order valence-electron chi connectivity index (χ2n) is 6.64. The van der Waals surface area contributed by atoms with Gasteiger partial charge in [-0.25, -0.2) is 12.7 Å². The van der Waals surface area contributed by atoms with Gasteiger partial charge >= 0.3 is 0 Å². The van der Waals surface area contributed by atoms with Crippen LogP contribution in [0.4, 0.5) is 11.4 Å². The molecule has 2 aromatic carbocycles. The van der Waals surface area contributed by atoms with Crippen LogP contribution >= 0.6 is 0 Å². The first-order valence-electron chi connectivity index (χ1n) is 8.75. The Bertz CT molecular complexity index is 1090. The first kappa shape index (κ1) is 22.3. The lowest BCUT2D eigenvalue weighted by Gasteiger charge is -2.13. The van der Waals surface area contributed by atoms with E-state index in [9.17, 15) is 18.3 Å². The Morgan fingerprint density at radius 3 is 2.31 bits per heavy atom. The van der Waals surface area contributed by atoms with Gasteiger partial charge in [-0.15, -0.1) is 5.11 Å². The van der Waals surface area contributed by atoms with Crippen molar-refractivity contribution >= 4 is 27.3 Å². The van der Waals surface area contributed by atoms with Gasteiger partial charge < -0.3 is 10.4 Å². The molecule has 0 radical (unpaired) electrons. The summed E-state index contributed by atoms with van der Waals surface area (Å²) < 4.78 is 26.0. The van der Waals surface area contributed by atoms with E-state index in [1.165, 1.54) is 27.1 Å². The number of nitrogens with zero attached hydrogens (tertiary/aromatic N) is 3. The number of aliphatic hydroxyl groups is 1. The van der Waals surface area contributed by atoms with Crippen LogP contribution in [0.5, 0.6) is 0 Å². The number of benzene rings is 2. The maximum absolute atomic E-state index is 12.5. The number of para-hydroxylation sites is 1. The molecule has 1 amide bonds. The normalized spacial score (nSPS) is 12.9. The van der Waals surface area contributed by atoms with Crippen LogP contribution in [-0.4, -0.2) is 37.8 Å². The van der Waals surface area contributed by atoms with Crippen molar-refractivity contribution in [3.63, 3.8) is 0 Å². The van der Waals surface area contributed by atoms with E-state index >= 15 is 0 Å². The largest absolute Gasteiger partial charge is 0.510 e. The van der Waals surface area contributed by atoms with E-state index in [0.717, 1.165) is 9.87 Å². The molecule has 0 fully saturated rings. The van der Waals surface area contributed by atoms with Crippen LogP contribution in [0.1, 0.15) is 18.1 Å². The van der Waals surface area contributed by atoms with Crippen molar-refractivity contribution in [3.05, 3.63) is 65.0 Å². The predicted octanol–water partition coefficient (Wildman–Crippen LogP) is 4.07. The average Bonchev–Trinajstić information content (AvgIpc) is 2.64. The number of sulfonamides is 1. The standard InChI is InChI=1S/C20H24N4O4S/c1-13-8-6-7-9-17(13)21-20(26)19(15(3)25)23-22-16-11-10-14(2)18(12-16)29(27,28)24(4)5/h6-12,25H,1-5H3,(H,21,26). The molecule has 9 heteroatoms. The highest BCUT2D eigenvalue weighted by molar-refractivity contribution is 7.89. The molecule has 2 rings (SSSR count). The zero-order chi connectivity index (χ0) is 21.8. The number of hydrogen-bond donors (Lipinski definition) is 2. The zero-order valence-electron chi connectivity index (χ0n) is 17.0. The number of aliphatic hydroxyl groups excluding tert-OH is 1. The lowest BCUT2D eigenvalue weighted by molar-refractivity contribution is -0.113. The summed E-state index contributed by atoms with van der Waals surface area (Å²) in [7, 11) is -0.777. The second-order valence-corrected chi connectivity index (χ2v) is 8.76. The minimum atomic E-state index is -3.66. The molecule has 0 unspecified atom stereocenters. The fraction of sp³-hybridized carbons (Fsp3) is 0.250. The maximum atomic E-state index is 12.5. The lowest BCUT2D eigenvalue weighted by atomic mass is 10.2. The van der Waals surface area contributed by atoms with Crippen molar-refractivity contribution in [1.29, 1.82) is 0 Å². The Balaban J connectivity index is 2.34. The third-order valence-electron chi connectivity index (χ3n) is 4.15. The Morgan fingerprint density at radius 2 is 1.72 bits per heavy atom. The molecule has 0 bridgehead atoms. The van der Waals surface area contributed by atoms with E-state index in [4.69, 9.17) is 0 Å². The van der Waals surface area contributed by atoms with E-state index in [1.54, 1.807) is 31.2 Å². The van der Waals surface area contributed by atoms with Gasteiger partial charge in [0.1, 0.15) is 5.76 Å². The molecule has 2 aromatic rings. The van der Waals surface area contributed by atoms with Gasteiger partial charge in [0.15, 0.2) is 5.70 Å². The number of hydrogen-bond acceptors (Lipinski definition) is 6. The molecule has 0 aliphatic rings. The summed E-state index contributed by atoms with van der Waals surface area (Å²) in [5, 5.41) is 20.3. The van der Waals surface area contributed by atoms with Gasteiger partial charge in [-0.3, -0.25) is 4.79 Å². The first-order valence-corrected chi connectivity index (χ1v) is 10.2. The van der Waals surface area contributed by atoms with Crippen LogP contribution in [-0.2, 0) is 14.8 Å². The molecule has 0 heterocycles. The zero-order valence-corrected chi connectivity index (χ0v) is 17.8. The van der Waals surface area contributed by atoms with Crippen LogP contribution in [0.25, 0.3) is 0 Å². The van der Waals surface area contributed by atoms with E-state index in [0.29, 0.717) is 11.3 Å². The van der Waals surface area contributed by atoms with Crippen molar-refractivity contribution in [2.24, 2.45) is 10.2 Å². The minimum Gasteiger partial charge on any atom is -0.510 e. The summed E-state index contributed by atoms with van der Waals surface area (Å²) in [5.74, 6) is -0.940. The molecule has 0 saturated carbocycles. The predicted molar refractivity (Wildman–Crippen MR) is 112 cm³/mol. The summed E-state index contributed by atoms with van der Waals surface area (Å²) in [6.07, 6.45) is 0. The molecule has 0 atom stereocenters. The Morgan fingerprint density at radius 1 is 1.07 bits per heavy atom. The molecular weight excluding hydrogens is 392 g/mol. The molecule has 0 aromatic heterocycles. The molecule has 29 heavy (non-hydrogen) atoms. The summed E-state index contributed by atoms with van der Waals surface area (Å²) in [6, 6.07) is 11.7. The number of anilines is 1. The fourth-order valence-corrected chi connectivity index (χ4v) is 3.55. The Labute approximate surface area is 170 Å². The van der Waals surface area contributed by atoms with Gasteiger partial charge in [-0.05, 0) is 50.1 Å². The van der Waals surface area contributed by atoms with Crippen molar-refractivity contribution in [3.8, 4) is 0 Å². The fourth-order valence-electron chi connectivity index (χ4n) is 2.41. The topological polar surface area (TPSA) is 111 Å². The third kappa shape index (κ3) is 5.27. The lowest BCUT2D eigenvalue weighted by Crippen LogP contribution is -2.22. The quantitative estimate of drug-likeness (QED) is 0.420. The van der Waals surface area contributed by atoms with Crippen LogP contribution in [0, 0.1) is 13.8 Å². The van der Waals surface area contributed by atoms with Gasteiger partial charge in [-0.1, -0.05) is 24.3 Å².